The zero-order valence-corrected chi connectivity index (χ0v) is 11.4. The van der Waals surface area contributed by atoms with Gasteiger partial charge in [-0.1, -0.05) is 19.8 Å². The molecule has 4 heteroatoms. The number of halogens is 2. The molecular formula is C10H14Br2N2. The van der Waals surface area contributed by atoms with Crippen molar-refractivity contribution in [2.75, 3.05) is 0 Å². The Labute approximate surface area is 101 Å². The molecule has 0 unspecified atom stereocenters. The molecule has 78 valence electrons. The van der Waals surface area contributed by atoms with E-state index < -0.39 is 0 Å². The van der Waals surface area contributed by atoms with E-state index in [4.69, 9.17) is 0 Å². The SMILES string of the molecule is CCc1nc(Br)c(Br)n1C1CCCC1. The van der Waals surface area contributed by atoms with Crippen LogP contribution in [0, 0.1) is 0 Å². The highest BCUT2D eigenvalue weighted by Crippen LogP contribution is 2.36. The molecule has 1 fully saturated rings. The molecule has 2 nitrogen and oxygen atoms in total. The quantitative estimate of drug-likeness (QED) is 0.802. The predicted molar refractivity (Wildman–Crippen MR) is 64.5 cm³/mol. The Bertz CT molecular complexity index is 327. The largest absolute Gasteiger partial charge is 0.319 e. The van der Waals surface area contributed by atoms with E-state index in [2.05, 4.69) is 48.3 Å². The maximum absolute atomic E-state index is 4.51. The molecule has 0 amide bonds. The summed E-state index contributed by atoms with van der Waals surface area (Å²) in [6, 6.07) is 0.665. The Balaban J connectivity index is 2.38. The van der Waals surface area contributed by atoms with Gasteiger partial charge in [0.25, 0.3) is 0 Å². The van der Waals surface area contributed by atoms with Crippen LogP contribution in [0.25, 0.3) is 0 Å². The minimum atomic E-state index is 0.665. The van der Waals surface area contributed by atoms with E-state index in [9.17, 15) is 0 Å². The van der Waals surface area contributed by atoms with Gasteiger partial charge in [-0.2, -0.15) is 0 Å². The molecule has 1 aliphatic carbocycles. The molecule has 1 aromatic rings. The molecule has 1 saturated carbocycles. The van der Waals surface area contributed by atoms with Crippen LogP contribution in [0.15, 0.2) is 9.21 Å². The Kier molecular flexibility index (Phi) is 3.32. The fourth-order valence-corrected chi connectivity index (χ4v) is 3.19. The average molecular weight is 322 g/mol. The van der Waals surface area contributed by atoms with Gasteiger partial charge in [-0.25, -0.2) is 4.98 Å². The molecule has 1 heterocycles. The van der Waals surface area contributed by atoms with E-state index in [0.29, 0.717) is 6.04 Å². The first-order valence-electron chi connectivity index (χ1n) is 5.16. The maximum Gasteiger partial charge on any atom is 0.139 e. The first-order valence-corrected chi connectivity index (χ1v) is 6.74. The minimum Gasteiger partial charge on any atom is -0.319 e. The summed E-state index contributed by atoms with van der Waals surface area (Å²) in [6.45, 7) is 2.16. The maximum atomic E-state index is 4.51. The van der Waals surface area contributed by atoms with Crippen molar-refractivity contribution < 1.29 is 0 Å². The Morgan fingerprint density at radius 1 is 1.36 bits per heavy atom. The summed E-state index contributed by atoms with van der Waals surface area (Å²) in [7, 11) is 0. The lowest BCUT2D eigenvalue weighted by Crippen LogP contribution is -2.08. The molecule has 1 aromatic heterocycles. The van der Waals surface area contributed by atoms with E-state index in [1.165, 1.54) is 31.5 Å². The summed E-state index contributed by atoms with van der Waals surface area (Å²) in [5, 5.41) is 0. The predicted octanol–water partition coefficient (Wildman–Crippen LogP) is 4.09. The van der Waals surface area contributed by atoms with Gasteiger partial charge in [-0.15, -0.1) is 0 Å². The van der Waals surface area contributed by atoms with E-state index in [1.807, 2.05) is 0 Å². The zero-order valence-electron chi connectivity index (χ0n) is 8.26. The molecule has 0 N–H and O–H groups in total. The lowest BCUT2D eigenvalue weighted by molar-refractivity contribution is 0.491. The normalized spacial score (nSPS) is 17.9. The summed E-state index contributed by atoms with van der Waals surface area (Å²) in [5.74, 6) is 1.19. The van der Waals surface area contributed by atoms with Crippen LogP contribution in [0.5, 0.6) is 0 Å². The van der Waals surface area contributed by atoms with Crippen molar-refractivity contribution in [1.82, 2.24) is 9.55 Å². The van der Waals surface area contributed by atoms with Gasteiger partial charge >= 0.3 is 0 Å². The van der Waals surface area contributed by atoms with Crippen LogP contribution in [0.4, 0.5) is 0 Å². The molecule has 0 radical (unpaired) electrons. The van der Waals surface area contributed by atoms with Crippen LogP contribution >= 0.6 is 31.9 Å². The topological polar surface area (TPSA) is 17.8 Å². The van der Waals surface area contributed by atoms with Crippen molar-refractivity contribution >= 4 is 31.9 Å². The minimum absolute atomic E-state index is 0.665. The number of imidazole rings is 1. The van der Waals surface area contributed by atoms with E-state index >= 15 is 0 Å². The van der Waals surface area contributed by atoms with Crippen LogP contribution in [0.2, 0.25) is 0 Å². The van der Waals surface area contributed by atoms with E-state index in [-0.39, 0.29) is 0 Å². The number of rotatable bonds is 2. The van der Waals surface area contributed by atoms with Crippen molar-refractivity contribution in [2.24, 2.45) is 0 Å². The van der Waals surface area contributed by atoms with Gasteiger partial charge < -0.3 is 4.57 Å². The van der Waals surface area contributed by atoms with E-state index in [0.717, 1.165) is 15.6 Å². The Hall–Kier alpha value is 0.170. The van der Waals surface area contributed by atoms with Gasteiger partial charge in [0.15, 0.2) is 0 Å². The van der Waals surface area contributed by atoms with Crippen LogP contribution in [0.1, 0.15) is 44.5 Å². The standard InChI is InChI=1S/C10H14Br2N2/c1-2-8-13-9(11)10(12)14(8)7-5-3-4-6-7/h7H,2-6H2,1H3. The van der Waals surface area contributed by atoms with Crippen molar-refractivity contribution in [3.63, 3.8) is 0 Å². The molecule has 0 bridgehead atoms. The summed E-state index contributed by atoms with van der Waals surface area (Å²) < 4.78 is 4.42. The van der Waals surface area contributed by atoms with Crippen molar-refractivity contribution in [3.8, 4) is 0 Å². The summed E-state index contributed by atoms with van der Waals surface area (Å²) in [5.41, 5.74) is 0. The van der Waals surface area contributed by atoms with Gasteiger partial charge in [-0.3, -0.25) is 0 Å². The first kappa shape index (κ1) is 10.7. The summed E-state index contributed by atoms with van der Waals surface area (Å²) in [4.78, 5) is 4.51. The molecule has 0 spiro atoms. The average Bonchev–Trinajstić information content (AvgIpc) is 2.76. The fraction of sp³-hybridized carbons (Fsp3) is 0.700. The lowest BCUT2D eigenvalue weighted by atomic mass is 10.2. The molecular weight excluding hydrogens is 308 g/mol. The molecule has 2 rings (SSSR count). The van der Waals surface area contributed by atoms with Gasteiger partial charge in [0.2, 0.25) is 0 Å². The molecule has 0 atom stereocenters. The Morgan fingerprint density at radius 3 is 2.57 bits per heavy atom. The molecule has 0 aromatic carbocycles. The Morgan fingerprint density at radius 2 is 2.00 bits per heavy atom. The fourth-order valence-electron chi connectivity index (χ4n) is 2.21. The molecule has 0 saturated heterocycles. The third-order valence-electron chi connectivity index (χ3n) is 2.89. The number of aryl methyl sites for hydroxylation is 1. The highest BCUT2D eigenvalue weighted by molar-refractivity contribution is 9.13. The van der Waals surface area contributed by atoms with Crippen LogP contribution in [-0.2, 0) is 6.42 Å². The second-order valence-corrected chi connectivity index (χ2v) is 5.27. The third-order valence-corrected chi connectivity index (χ3v) is 4.74. The van der Waals surface area contributed by atoms with Gasteiger partial charge in [0.05, 0.1) is 0 Å². The van der Waals surface area contributed by atoms with Gasteiger partial charge in [0.1, 0.15) is 15.0 Å². The molecule has 1 aliphatic rings. The monoisotopic (exact) mass is 320 g/mol. The number of hydrogen-bond donors (Lipinski definition) is 0. The van der Waals surface area contributed by atoms with E-state index in [1.54, 1.807) is 0 Å². The number of hydrogen-bond acceptors (Lipinski definition) is 1. The van der Waals surface area contributed by atoms with Crippen molar-refractivity contribution in [2.45, 2.75) is 45.1 Å². The highest BCUT2D eigenvalue weighted by atomic mass is 79.9. The first-order chi connectivity index (χ1) is 6.74. The highest BCUT2D eigenvalue weighted by Gasteiger charge is 2.23. The van der Waals surface area contributed by atoms with Crippen LogP contribution in [-0.4, -0.2) is 9.55 Å². The van der Waals surface area contributed by atoms with Crippen molar-refractivity contribution in [3.05, 3.63) is 15.0 Å². The van der Waals surface area contributed by atoms with Gasteiger partial charge in [-0.05, 0) is 44.7 Å². The summed E-state index contributed by atoms with van der Waals surface area (Å²) >= 11 is 7.08. The molecule has 0 aliphatic heterocycles. The summed E-state index contributed by atoms with van der Waals surface area (Å²) in [6.07, 6.45) is 6.32. The number of aromatic nitrogens is 2. The third kappa shape index (κ3) is 1.78. The lowest BCUT2D eigenvalue weighted by Gasteiger charge is -2.15. The number of nitrogens with zero attached hydrogens (tertiary/aromatic N) is 2. The van der Waals surface area contributed by atoms with Crippen molar-refractivity contribution in [1.29, 1.82) is 0 Å². The van der Waals surface area contributed by atoms with Gasteiger partial charge in [0, 0.05) is 12.5 Å². The zero-order chi connectivity index (χ0) is 10.1. The molecule has 14 heavy (non-hydrogen) atoms. The smallest absolute Gasteiger partial charge is 0.139 e. The van der Waals surface area contributed by atoms with Crippen LogP contribution < -0.4 is 0 Å². The second kappa shape index (κ2) is 4.35. The van der Waals surface area contributed by atoms with Crippen LogP contribution in [0.3, 0.4) is 0 Å². The second-order valence-electron chi connectivity index (χ2n) is 3.77.